The van der Waals surface area contributed by atoms with E-state index in [4.69, 9.17) is 10.2 Å². The van der Waals surface area contributed by atoms with Crippen molar-refractivity contribution in [3.05, 3.63) is 24.1 Å². The van der Waals surface area contributed by atoms with Crippen LogP contribution in [0, 0.1) is 0 Å². The minimum atomic E-state index is 0.554. The first-order chi connectivity index (χ1) is 9.13. The Morgan fingerprint density at radius 2 is 2.32 bits per heavy atom. The maximum Gasteiger partial charge on any atom is 0.209 e. The normalized spacial score (nSPS) is 24.9. The lowest BCUT2D eigenvalue weighted by molar-refractivity contribution is 0.187. The number of rotatable bonds is 2. The Labute approximate surface area is 117 Å². The van der Waals surface area contributed by atoms with Crippen LogP contribution in [-0.4, -0.2) is 33.5 Å². The van der Waals surface area contributed by atoms with Gasteiger partial charge in [-0.2, -0.15) is 11.8 Å². The number of hydrogen-bond acceptors (Lipinski definition) is 5. The van der Waals surface area contributed by atoms with Gasteiger partial charge >= 0.3 is 0 Å². The SMILES string of the molecule is CC1SCCN(Cc2nc3ccc(N)cc3o2)C1C. The predicted octanol–water partition coefficient (Wildman–Crippen LogP) is 2.74. The van der Waals surface area contributed by atoms with E-state index in [1.807, 2.05) is 30.0 Å². The molecule has 2 heterocycles. The summed E-state index contributed by atoms with van der Waals surface area (Å²) in [6.45, 7) is 6.43. The number of fused-ring (bicyclic) bond motifs is 1. The molecule has 0 saturated carbocycles. The summed E-state index contributed by atoms with van der Waals surface area (Å²) in [5, 5.41) is 0.661. The summed E-state index contributed by atoms with van der Waals surface area (Å²) in [6, 6.07) is 6.16. The third-order valence-corrected chi connectivity index (χ3v) is 5.15. The van der Waals surface area contributed by atoms with E-state index >= 15 is 0 Å². The Balaban J connectivity index is 1.81. The van der Waals surface area contributed by atoms with Crippen molar-refractivity contribution in [3.63, 3.8) is 0 Å². The molecule has 0 bridgehead atoms. The van der Waals surface area contributed by atoms with E-state index in [0.29, 0.717) is 17.0 Å². The van der Waals surface area contributed by atoms with Crippen molar-refractivity contribution in [1.82, 2.24) is 9.88 Å². The van der Waals surface area contributed by atoms with Gasteiger partial charge in [-0.3, -0.25) is 4.90 Å². The van der Waals surface area contributed by atoms with Gasteiger partial charge in [-0.15, -0.1) is 0 Å². The molecule has 2 aromatic rings. The Kier molecular flexibility index (Phi) is 3.41. The third-order valence-electron chi connectivity index (χ3n) is 3.81. The molecule has 0 spiro atoms. The van der Waals surface area contributed by atoms with Gasteiger partial charge in [0.15, 0.2) is 5.58 Å². The van der Waals surface area contributed by atoms with Gasteiger partial charge in [0.2, 0.25) is 5.89 Å². The second-order valence-electron chi connectivity index (χ2n) is 5.12. The summed E-state index contributed by atoms with van der Waals surface area (Å²) < 4.78 is 5.80. The Morgan fingerprint density at radius 1 is 1.47 bits per heavy atom. The van der Waals surface area contributed by atoms with Gasteiger partial charge in [-0.25, -0.2) is 4.98 Å². The number of nitrogen functional groups attached to an aromatic ring is 1. The van der Waals surface area contributed by atoms with E-state index in [1.54, 1.807) is 0 Å². The summed E-state index contributed by atoms with van der Waals surface area (Å²) in [6.07, 6.45) is 0. The Bertz CT molecular complexity index is 583. The Hall–Kier alpha value is -1.20. The smallest absolute Gasteiger partial charge is 0.209 e. The molecule has 4 nitrogen and oxygen atoms in total. The number of nitrogens with zero attached hydrogens (tertiary/aromatic N) is 2. The van der Waals surface area contributed by atoms with Crippen molar-refractivity contribution in [3.8, 4) is 0 Å². The van der Waals surface area contributed by atoms with E-state index in [1.165, 1.54) is 5.75 Å². The molecule has 1 saturated heterocycles. The van der Waals surface area contributed by atoms with Crippen LogP contribution in [0.25, 0.3) is 11.1 Å². The first kappa shape index (κ1) is 12.8. The molecule has 2 N–H and O–H groups in total. The highest BCUT2D eigenvalue weighted by atomic mass is 32.2. The first-order valence-corrected chi connectivity index (χ1v) is 7.69. The molecule has 1 aromatic carbocycles. The van der Waals surface area contributed by atoms with Crippen LogP contribution in [0.2, 0.25) is 0 Å². The van der Waals surface area contributed by atoms with Crippen LogP contribution < -0.4 is 5.73 Å². The van der Waals surface area contributed by atoms with Crippen molar-refractivity contribution < 1.29 is 4.42 Å². The van der Waals surface area contributed by atoms with Gasteiger partial charge < -0.3 is 10.2 Å². The molecular formula is C14H19N3OS. The molecule has 0 amide bonds. The van der Waals surface area contributed by atoms with Crippen LogP contribution in [0.1, 0.15) is 19.7 Å². The number of hydrogen-bond donors (Lipinski definition) is 1. The lowest BCUT2D eigenvalue weighted by atomic mass is 10.2. The van der Waals surface area contributed by atoms with Gasteiger partial charge in [0.05, 0.1) is 6.54 Å². The maximum atomic E-state index is 5.80. The molecule has 5 heteroatoms. The third kappa shape index (κ3) is 2.58. The summed E-state index contributed by atoms with van der Waals surface area (Å²) >= 11 is 2.04. The van der Waals surface area contributed by atoms with E-state index in [-0.39, 0.29) is 0 Å². The topological polar surface area (TPSA) is 55.3 Å². The fraction of sp³-hybridized carbons (Fsp3) is 0.500. The van der Waals surface area contributed by atoms with Crippen molar-refractivity contribution in [2.75, 3.05) is 18.0 Å². The molecule has 1 fully saturated rings. The molecule has 0 radical (unpaired) electrons. The standard InChI is InChI=1S/C14H19N3OS/c1-9-10(2)19-6-5-17(9)8-14-16-12-4-3-11(15)7-13(12)18-14/h3-4,7,9-10H,5-6,8,15H2,1-2H3. The lowest BCUT2D eigenvalue weighted by Gasteiger charge is -2.36. The zero-order valence-corrected chi connectivity index (χ0v) is 12.1. The van der Waals surface area contributed by atoms with Crippen molar-refractivity contribution in [2.45, 2.75) is 31.7 Å². The molecular weight excluding hydrogens is 258 g/mol. The zero-order chi connectivity index (χ0) is 13.4. The van der Waals surface area contributed by atoms with Crippen LogP contribution in [0.5, 0.6) is 0 Å². The highest BCUT2D eigenvalue weighted by molar-refractivity contribution is 8.00. The van der Waals surface area contributed by atoms with Gasteiger partial charge in [-0.1, -0.05) is 6.92 Å². The predicted molar refractivity (Wildman–Crippen MR) is 80.2 cm³/mol. The van der Waals surface area contributed by atoms with E-state index in [2.05, 4.69) is 23.7 Å². The monoisotopic (exact) mass is 277 g/mol. The summed E-state index contributed by atoms with van der Waals surface area (Å²) in [7, 11) is 0. The quantitative estimate of drug-likeness (QED) is 0.855. The molecule has 1 aromatic heterocycles. The van der Waals surface area contributed by atoms with E-state index in [9.17, 15) is 0 Å². The number of benzene rings is 1. The van der Waals surface area contributed by atoms with Gasteiger partial charge in [0.25, 0.3) is 0 Å². The zero-order valence-electron chi connectivity index (χ0n) is 11.3. The summed E-state index contributed by atoms with van der Waals surface area (Å²) in [5.74, 6) is 1.96. The number of anilines is 1. The summed E-state index contributed by atoms with van der Waals surface area (Å²) in [4.78, 5) is 6.98. The average molecular weight is 277 g/mol. The van der Waals surface area contributed by atoms with Gasteiger partial charge in [0, 0.05) is 35.3 Å². The molecule has 102 valence electrons. The fourth-order valence-electron chi connectivity index (χ4n) is 2.45. The Morgan fingerprint density at radius 3 is 3.16 bits per heavy atom. The molecule has 2 unspecified atom stereocenters. The summed E-state index contributed by atoms with van der Waals surface area (Å²) in [5.41, 5.74) is 8.14. The van der Waals surface area contributed by atoms with Gasteiger partial charge in [0.1, 0.15) is 5.52 Å². The molecule has 2 atom stereocenters. The largest absolute Gasteiger partial charge is 0.439 e. The molecule has 0 aliphatic carbocycles. The van der Waals surface area contributed by atoms with Crippen LogP contribution >= 0.6 is 11.8 Å². The molecule has 3 rings (SSSR count). The minimum Gasteiger partial charge on any atom is -0.439 e. The maximum absolute atomic E-state index is 5.80. The number of nitrogens with two attached hydrogens (primary N) is 1. The van der Waals surface area contributed by atoms with E-state index < -0.39 is 0 Å². The highest BCUT2D eigenvalue weighted by Gasteiger charge is 2.26. The van der Waals surface area contributed by atoms with Crippen LogP contribution in [0.4, 0.5) is 5.69 Å². The van der Waals surface area contributed by atoms with Crippen molar-refractivity contribution in [1.29, 1.82) is 0 Å². The lowest BCUT2D eigenvalue weighted by Crippen LogP contribution is -2.43. The van der Waals surface area contributed by atoms with E-state index in [0.717, 1.165) is 30.1 Å². The van der Waals surface area contributed by atoms with Gasteiger partial charge in [-0.05, 0) is 19.1 Å². The number of oxazole rings is 1. The highest BCUT2D eigenvalue weighted by Crippen LogP contribution is 2.26. The number of aromatic nitrogens is 1. The van der Waals surface area contributed by atoms with Crippen LogP contribution in [-0.2, 0) is 6.54 Å². The molecule has 1 aliphatic heterocycles. The number of thioether (sulfide) groups is 1. The first-order valence-electron chi connectivity index (χ1n) is 6.64. The molecule has 19 heavy (non-hydrogen) atoms. The van der Waals surface area contributed by atoms with Crippen molar-refractivity contribution in [2.24, 2.45) is 0 Å². The molecule has 1 aliphatic rings. The minimum absolute atomic E-state index is 0.554. The second-order valence-corrected chi connectivity index (χ2v) is 6.61. The van der Waals surface area contributed by atoms with Crippen LogP contribution in [0.15, 0.2) is 22.6 Å². The second kappa shape index (κ2) is 5.06. The fourth-order valence-corrected chi connectivity index (χ4v) is 3.61. The van der Waals surface area contributed by atoms with Crippen LogP contribution in [0.3, 0.4) is 0 Å². The van der Waals surface area contributed by atoms with Crippen molar-refractivity contribution >= 4 is 28.5 Å². The average Bonchev–Trinajstić information content (AvgIpc) is 2.76.